The van der Waals surface area contributed by atoms with E-state index in [1.807, 2.05) is 52.7 Å². The molecule has 1 saturated carbocycles. The van der Waals surface area contributed by atoms with Crippen LogP contribution >= 0.6 is 11.3 Å². The molecule has 1 amide bonds. The van der Waals surface area contributed by atoms with E-state index in [1.54, 1.807) is 16.0 Å². The lowest BCUT2D eigenvalue weighted by Gasteiger charge is -2.30. The zero-order valence-electron chi connectivity index (χ0n) is 17.5. The fourth-order valence-corrected chi connectivity index (χ4v) is 4.91. The van der Waals surface area contributed by atoms with Gasteiger partial charge in [-0.2, -0.15) is 5.10 Å². The van der Waals surface area contributed by atoms with E-state index in [-0.39, 0.29) is 11.7 Å². The van der Waals surface area contributed by atoms with Crippen molar-refractivity contribution in [2.24, 2.45) is 0 Å². The fourth-order valence-electron chi connectivity index (χ4n) is 4.21. The molecule has 8 nitrogen and oxygen atoms in total. The highest BCUT2D eigenvalue weighted by Gasteiger charge is 2.32. The van der Waals surface area contributed by atoms with E-state index in [0.29, 0.717) is 30.7 Å². The third kappa shape index (κ3) is 3.62. The number of likely N-dealkylation sites (tertiary alicyclic amines) is 1. The molecule has 0 bridgehead atoms. The summed E-state index contributed by atoms with van der Waals surface area (Å²) in [7, 11) is 0. The van der Waals surface area contributed by atoms with Crippen molar-refractivity contribution in [2.75, 3.05) is 13.1 Å². The summed E-state index contributed by atoms with van der Waals surface area (Å²) in [5.41, 5.74) is 0.887. The van der Waals surface area contributed by atoms with Gasteiger partial charge in [0.15, 0.2) is 11.6 Å². The summed E-state index contributed by atoms with van der Waals surface area (Å²) in [5, 5.41) is 14.1. The van der Waals surface area contributed by atoms with Crippen LogP contribution in [0.4, 0.5) is 0 Å². The fraction of sp³-hybridized carbons (Fsp3) is 0.348. The van der Waals surface area contributed by atoms with Gasteiger partial charge in [-0.05, 0) is 49.3 Å². The van der Waals surface area contributed by atoms with Gasteiger partial charge in [0.1, 0.15) is 5.82 Å². The van der Waals surface area contributed by atoms with Crippen LogP contribution < -0.4 is 0 Å². The average Bonchev–Trinajstić information content (AvgIpc) is 3.26. The van der Waals surface area contributed by atoms with E-state index in [0.717, 1.165) is 35.1 Å². The molecule has 9 heteroatoms. The predicted octanol–water partition coefficient (Wildman–Crippen LogP) is 4.01. The molecule has 0 atom stereocenters. The molecule has 32 heavy (non-hydrogen) atoms. The zero-order valence-corrected chi connectivity index (χ0v) is 18.3. The maximum Gasteiger partial charge on any atom is 0.293 e. The number of thiophene rings is 1. The highest BCUT2D eigenvalue weighted by atomic mass is 32.1. The van der Waals surface area contributed by atoms with Crippen LogP contribution in [-0.4, -0.2) is 53.8 Å². The normalized spacial score (nSPS) is 17.1. The Kier molecular flexibility index (Phi) is 4.83. The summed E-state index contributed by atoms with van der Waals surface area (Å²) in [6.45, 7) is 1.33. The second kappa shape index (κ2) is 7.98. The van der Waals surface area contributed by atoms with Crippen molar-refractivity contribution >= 4 is 17.2 Å². The highest BCUT2D eigenvalue weighted by Crippen LogP contribution is 2.38. The van der Waals surface area contributed by atoms with E-state index >= 15 is 0 Å². The number of benzene rings is 1. The molecule has 4 heterocycles. The lowest BCUT2D eigenvalue weighted by molar-refractivity contribution is 0.0699. The van der Waals surface area contributed by atoms with Gasteiger partial charge in [0, 0.05) is 24.9 Å². The van der Waals surface area contributed by atoms with Crippen LogP contribution in [0.2, 0.25) is 0 Å². The number of piperidine rings is 1. The molecule has 1 aliphatic heterocycles. The molecule has 1 aromatic carbocycles. The van der Waals surface area contributed by atoms with Gasteiger partial charge < -0.3 is 4.90 Å². The number of rotatable bonds is 5. The first-order valence-corrected chi connectivity index (χ1v) is 11.9. The van der Waals surface area contributed by atoms with Gasteiger partial charge in [0.2, 0.25) is 5.82 Å². The summed E-state index contributed by atoms with van der Waals surface area (Å²) < 4.78 is 1.76. The molecule has 0 unspecified atom stereocenters. The Balaban J connectivity index is 1.21. The number of aromatic amines is 1. The third-order valence-electron chi connectivity index (χ3n) is 6.17. The van der Waals surface area contributed by atoms with Crippen molar-refractivity contribution in [1.29, 1.82) is 0 Å². The first kappa shape index (κ1) is 19.4. The molecule has 0 spiro atoms. The first-order valence-electron chi connectivity index (χ1n) is 11.0. The number of para-hydroxylation sites is 1. The Hall–Kier alpha value is -3.33. The topological polar surface area (TPSA) is 92.6 Å². The number of hydrogen-bond donors (Lipinski definition) is 1. The van der Waals surface area contributed by atoms with Crippen molar-refractivity contribution < 1.29 is 4.79 Å². The maximum absolute atomic E-state index is 13.3. The molecule has 3 aromatic heterocycles. The number of carbonyl (C=O) groups is 1. The summed E-state index contributed by atoms with van der Waals surface area (Å²) in [5.74, 6) is 3.60. The lowest BCUT2D eigenvalue weighted by atomic mass is 9.96. The highest BCUT2D eigenvalue weighted by molar-refractivity contribution is 7.13. The standard InChI is InChI=1S/C23H23N7OS/c31-23(29-12-10-16(11-13-29)20-24-19(26-27-20)15-8-9-15)21-25-22(18-7-4-14-32-18)30(28-21)17-5-2-1-3-6-17/h1-7,14-16H,8-13H2,(H,24,26,27). The van der Waals surface area contributed by atoms with Gasteiger partial charge in [-0.15, -0.1) is 16.4 Å². The number of carbonyl (C=O) groups excluding carboxylic acids is 1. The molecule has 162 valence electrons. The van der Waals surface area contributed by atoms with Crippen molar-refractivity contribution in [3.8, 4) is 16.4 Å². The maximum atomic E-state index is 13.3. The second-order valence-corrected chi connectivity index (χ2v) is 9.35. The molecule has 1 N–H and O–H groups in total. The number of amides is 1. The van der Waals surface area contributed by atoms with E-state index in [1.165, 1.54) is 12.8 Å². The molecule has 2 fully saturated rings. The lowest BCUT2D eigenvalue weighted by Crippen LogP contribution is -2.38. The van der Waals surface area contributed by atoms with Crippen LogP contribution in [0.25, 0.3) is 16.4 Å². The summed E-state index contributed by atoms with van der Waals surface area (Å²) in [4.78, 5) is 25.5. The van der Waals surface area contributed by atoms with Gasteiger partial charge in [-0.1, -0.05) is 24.3 Å². The van der Waals surface area contributed by atoms with Crippen LogP contribution in [0.3, 0.4) is 0 Å². The molecule has 1 aliphatic carbocycles. The van der Waals surface area contributed by atoms with E-state index in [9.17, 15) is 4.79 Å². The third-order valence-corrected chi connectivity index (χ3v) is 7.04. The SMILES string of the molecule is O=C(c1nc(-c2cccs2)n(-c2ccccc2)n1)N1CCC(c2nc(C3CC3)n[nH]2)CC1. The minimum Gasteiger partial charge on any atom is -0.336 e. The largest absolute Gasteiger partial charge is 0.336 e. The monoisotopic (exact) mass is 445 g/mol. The molecule has 0 radical (unpaired) electrons. The van der Waals surface area contributed by atoms with E-state index < -0.39 is 0 Å². The van der Waals surface area contributed by atoms with Crippen molar-refractivity contribution in [3.63, 3.8) is 0 Å². The number of aromatic nitrogens is 6. The molecule has 2 aliphatic rings. The molecule has 4 aromatic rings. The smallest absolute Gasteiger partial charge is 0.293 e. The minimum atomic E-state index is -0.118. The van der Waals surface area contributed by atoms with Gasteiger partial charge in [-0.25, -0.2) is 14.6 Å². The first-order chi connectivity index (χ1) is 15.8. The van der Waals surface area contributed by atoms with Crippen LogP contribution in [-0.2, 0) is 0 Å². The van der Waals surface area contributed by atoms with Gasteiger partial charge in [-0.3, -0.25) is 9.89 Å². The molecule has 6 rings (SSSR count). The van der Waals surface area contributed by atoms with Gasteiger partial charge in [0.25, 0.3) is 5.91 Å². The second-order valence-electron chi connectivity index (χ2n) is 8.40. The van der Waals surface area contributed by atoms with Crippen molar-refractivity contribution in [2.45, 2.75) is 37.5 Å². The number of nitrogens with zero attached hydrogens (tertiary/aromatic N) is 6. The average molecular weight is 446 g/mol. The molecule has 1 saturated heterocycles. The Morgan fingerprint density at radius 1 is 0.969 bits per heavy atom. The van der Waals surface area contributed by atoms with Crippen LogP contribution in [0, 0.1) is 0 Å². The van der Waals surface area contributed by atoms with E-state index in [4.69, 9.17) is 4.98 Å². The number of hydrogen-bond acceptors (Lipinski definition) is 6. The van der Waals surface area contributed by atoms with Crippen molar-refractivity contribution in [3.05, 3.63) is 65.3 Å². The summed E-state index contributed by atoms with van der Waals surface area (Å²) in [6.07, 6.45) is 4.12. The van der Waals surface area contributed by atoms with Gasteiger partial charge >= 0.3 is 0 Å². The number of nitrogens with one attached hydrogen (secondary N) is 1. The quantitative estimate of drug-likeness (QED) is 0.501. The van der Waals surface area contributed by atoms with E-state index in [2.05, 4.69) is 20.3 Å². The Bertz CT molecular complexity index is 1220. The summed E-state index contributed by atoms with van der Waals surface area (Å²) >= 11 is 1.59. The minimum absolute atomic E-state index is 0.118. The Morgan fingerprint density at radius 2 is 1.78 bits per heavy atom. The Morgan fingerprint density at radius 3 is 2.50 bits per heavy atom. The molecular formula is C23H23N7OS. The molecular weight excluding hydrogens is 422 g/mol. The zero-order chi connectivity index (χ0) is 21.5. The summed E-state index contributed by atoms with van der Waals surface area (Å²) in [6, 6.07) is 13.8. The van der Waals surface area contributed by atoms with Crippen LogP contribution in [0.15, 0.2) is 47.8 Å². The van der Waals surface area contributed by atoms with Crippen LogP contribution in [0.5, 0.6) is 0 Å². The van der Waals surface area contributed by atoms with Crippen LogP contribution in [0.1, 0.15) is 59.8 Å². The van der Waals surface area contributed by atoms with Crippen molar-refractivity contribution in [1.82, 2.24) is 34.8 Å². The van der Waals surface area contributed by atoms with Gasteiger partial charge in [0.05, 0.1) is 10.6 Å². The predicted molar refractivity (Wildman–Crippen MR) is 121 cm³/mol. The Labute approximate surface area is 189 Å². The number of H-pyrrole nitrogens is 1.